The lowest BCUT2D eigenvalue weighted by Crippen LogP contribution is -2.37. The number of carbonyl (C=O) groups excluding carboxylic acids is 1. The molecule has 12 heteroatoms. The fourth-order valence-electron chi connectivity index (χ4n) is 4.90. The first-order chi connectivity index (χ1) is 20.1. The van der Waals surface area contributed by atoms with E-state index in [2.05, 4.69) is 5.32 Å². The zero-order valence-corrected chi connectivity index (χ0v) is 23.7. The normalized spacial score (nSPS) is 15.7. The molecule has 2 atom stereocenters. The van der Waals surface area contributed by atoms with Crippen LogP contribution < -0.4 is 10.1 Å². The summed E-state index contributed by atoms with van der Waals surface area (Å²) in [5.74, 6) is -2.61. The summed E-state index contributed by atoms with van der Waals surface area (Å²) in [6.45, 7) is 6.10. The van der Waals surface area contributed by atoms with Gasteiger partial charge in [0.1, 0.15) is 24.5 Å². The third kappa shape index (κ3) is 7.51. The summed E-state index contributed by atoms with van der Waals surface area (Å²) in [5.41, 5.74) is 1.41. The Labute approximate surface area is 243 Å². The first-order valence-corrected chi connectivity index (χ1v) is 13.4. The number of nitriles is 1. The molecule has 1 heterocycles. The van der Waals surface area contributed by atoms with Gasteiger partial charge < -0.3 is 29.9 Å². The van der Waals surface area contributed by atoms with E-state index in [0.29, 0.717) is 47.8 Å². The molecule has 222 valence electrons. The Hall–Kier alpha value is -4.73. The minimum atomic E-state index is -1.25. The Morgan fingerprint density at radius 1 is 1.17 bits per heavy atom. The van der Waals surface area contributed by atoms with E-state index in [9.17, 15) is 29.9 Å². The second kappa shape index (κ2) is 14.8. The van der Waals surface area contributed by atoms with Crippen molar-refractivity contribution >= 4 is 17.6 Å². The van der Waals surface area contributed by atoms with E-state index in [1.807, 2.05) is 6.07 Å². The molecule has 2 aromatic rings. The summed E-state index contributed by atoms with van der Waals surface area (Å²) < 4.78 is 10.8. The summed E-state index contributed by atoms with van der Waals surface area (Å²) in [6.07, 6.45) is -0.302. The lowest BCUT2D eigenvalue weighted by Gasteiger charge is -2.37. The molecule has 0 spiro atoms. The molecule has 0 amide bonds. The van der Waals surface area contributed by atoms with Crippen molar-refractivity contribution in [3.63, 3.8) is 0 Å². The lowest BCUT2D eigenvalue weighted by atomic mass is 9.79. The van der Waals surface area contributed by atoms with Gasteiger partial charge in [0, 0.05) is 36.6 Å². The summed E-state index contributed by atoms with van der Waals surface area (Å²) in [4.78, 5) is 38.3. The maximum atomic E-state index is 13.2. The Morgan fingerprint density at radius 2 is 1.88 bits per heavy atom. The number of carboxylic acids is 1. The van der Waals surface area contributed by atoms with Gasteiger partial charge in [0.25, 0.3) is 5.69 Å². The number of aliphatic hydroxyl groups excluding tert-OH is 1. The Bertz CT molecular complexity index is 1430. The molecule has 2 unspecified atom stereocenters. The first kappa shape index (κ1) is 31.8. The average Bonchev–Trinajstić information content (AvgIpc) is 2.97. The van der Waals surface area contributed by atoms with Crippen LogP contribution in [0.1, 0.15) is 44.2 Å². The number of hydrogen-bond acceptors (Lipinski definition) is 10. The van der Waals surface area contributed by atoms with Gasteiger partial charge in [-0.15, -0.1) is 0 Å². The Morgan fingerprint density at radius 3 is 2.55 bits per heavy atom. The highest BCUT2D eigenvalue weighted by Gasteiger charge is 2.40. The van der Waals surface area contributed by atoms with Crippen LogP contribution in [0, 0.1) is 21.4 Å². The number of allylic oxidation sites excluding steroid dienone is 2. The van der Waals surface area contributed by atoms with Crippen LogP contribution in [0.3, 0.4) is 0 Å². The number of aliphatic hydroxyl groups is 1. The molecule has 3 rings (SSSR count). The van der Waals surface area contributed by atoms with Gasteiger partial charge in [0.15, 0.2) is 0 Å². The van der Waals surface area contributed by atoms with Gasteiger partial charge in [-0.25, -0.2) is 9.59 Å². The van der Waals surface area contributed by atoms with Gasteiger partial charge in [-0.2, -0.15) is 5.26 Å². The number of aliphatic carboxylic acids is 1. The standard InChI is InChI=1S/C30H34N4O8/c1-4-41-30(38)27-20(3)33(14-8-13-32-17-24(35)18-42-25-12-6-5-9-22(25)16-31)19(2)26(29(36)37)28(27)21-10-7-11-23(15-21)34(39)40/h5-7,9-12,15,24,28,32,35H,4,8,13-14,17-18H2,1-3H3,(H,36,37). The van der Waals surface area contributed by atoms with Crippen LogP contribution in [0.2, 0.25) is 0 Å². The monoisotopic (exact) mass is 578 g/mol. The SMILES string of the molecule is CCOC(=O)C1=C(C)N(CCCNCC(O)COc2ccccc2C#N)C(C)=C(C(=O)O)C1c1cccc([N+](=O)[O-])c1. The van der Waals surface area contributed by atoms with Crippen LogP contribution in [0.5, 0.6) is 5.75 Å². The number of rotatable bonds is 14. The molecular formula is C30H34N4O8. The second-order valence-corrected chi connectivity index (χ2v) is 9.59. The molecule has 0 fully saturated rings. The predicted molar refractivity (Wildman–Crippen MR) is 152 cm³/mol. The van der Waals surface area contributed by atoms with Crippen molar-refractivity contribution in [2.75, 3.05) is 32.8 Å². The summed E-state index contributed by atoms with van der Waals surface area (Å²) in [5, 5.41) is 44.2. The molecule has 1 aliphatic heterocycles. The van der Waals surface area contributed by atoms with E-state index in [1.165, 1.54) is 18.2 Å². The number of hydrogen-bond donors (Lipinski definition) is 3. The number of esters is 1. The predicted octanol–water partition coefficient (Wildman–Crippen LogP) is 3.48. The van der Waals surface area contributed by atoms with Crippen LogP contribution >= 0.6 is 0 Å². The van der Waals surface area contributed by atoms with E-state index in [0.717, 1.165) is 0 Å². The second-order valence-electron chi connectivity index (χ2n) is 9.59. The summed E-state index contributed by atoms with van der Waals surface area (Å²) in [7, 11) is 0. The number of para-hydroxylation sites is 1. The molecule has 0 bridgehead atoms. The third-order valence-corrected chi connectivity index (χ3v) is 6.86. The fourth-order valence-corrected chi connectivity index (χ4v) is 4.90. The van der Waals surface area contributed by atoms with Crippen LogP contribution in [-0.2, 0) is 14.3 Å². The van der Waals surface area contributed by atoms with Crippen molar-refractivity contribution in [3.05, 3.63) is 92.3 Å². The zero-order chi connectivity index (χ0) is 30.8. The minimum Gasteiger partial charge on any atom is -0.489 e. The van der Waals surface area contributed by atoms with Gasteiger partial charge in [-0.05, 0) is 51.4 Å². The maximum absolute atomic E-state index is 13.2. The van der Waals surface area contributed by atoms with E-state index in [-0.39, 0.29) is 36.6 Å². The third-order valence-electron chi connectivity index (χ3n) is 6.86. The molecule has 0 saturated heterocycles. The van der Waals surface area contributed by atoms with Crippen molar-refractivity contribution in [2.45, 2.75) is 39.2 Å². The van der Waals surface area contributed by atoms with Gasteiger partial charge in [-0.1, -0.05) is 24.3 Å². The summed E-state index contributed by atoms with van der Waals surface area (Å²) in [6, 6.07) is 14.4. The molecule has 0 saturated carbocycles. The number of nitro groups is 1. The molecule has 42 heavy (non-hydrogen) atoms. The molecule has 1 aliphatic rings. The fraction of sp³-hybridized carbons (Fsp3) is 0.367. The van der Waals surface area contributed by atoms with Crippen molar-refractivity contribution in [2.24, 2.45) is 0 Å². The number of ether oxygens (including phenoxy) is 2. The van der Waals surface area contributed by atoms with E-state index < -0.39 is 28.9 Å². The number of non-ortho nitro benzene ring substituents is 1. The van der Waals surface area contributed by atoms with Crippen LogP contribution in [0.4, 0.5) is 5.69 Å². The highest BCUT2D eigenvalue weighted by Crippen LogP contribution is 2.43. The van der Waals surface area contributed by atoms with E-state index in [1.54, 1.807) is 56.0 Å². The molecule has 0 aliphatic carbocycles. The Balaban J connectivity index is 1.73. The van der Waals surface area contributed by atoms with Gasteiger partial charge in [0.05, 0.1) is 34.2 Å². The number of nitro benzene ring substituents is 1. The first-order valence-electron chi connectivity index (χ1n) is 13.4. The number of carboxylic acid groups (broad SMARTS) is 1. The smallest absolute Gasteiger partial charge is 0.336 e. The van der Waals surface area contributed by atoms with Crippen LogP contribution in [0.25, 0.3) is 0 Å². The molecule has 0 radical (unpaired) electrons. The van der Waals surface area contributed by atoms with E-state index >= 15 is 0 Å². The van der Waals surface area contributed by atoms with Gasteiger partial charge in [-0.3, -0.25) is 10.1 Å². The molecular weight excluding hydrogens is 544 g/mol. The quantitative estimate of drug-likeness (QED) is 0.129. The van der Waals surface area contributed by atoms with Crippen LogP contribution in [-0.4, -0.2) is 70.9 Å². The van der Waals surface area contributed by atoms with Crippen molar-refractivity contribution in [3.8, 4) is 11.8 Å². The molecule has 0 aromatic heterocycles. The average molecular weight is 579 g/mol. The lowest BCUT2D eigenvalue weighted by molar-refractivity contribution is -0.384. The van der Waals surface area contributed by atoms with Crippen molar-refractivity contribution < 1.29 is 34.2 Å². The van der Waals surface area contributed by atoms with Crippen molar-refractivity contribution in [1.82, 2.24) is 10.2 Å². The summed E-state index contributed by atoms with van der Waals surface area (Å²) >= 11 is 0. The zero-order valence-electron chi connectivity index (χ0n) is 23.7. The number of nitrogens with zero attached hydrogens (tertiary/aromatic N) is 3. The van der Waals surface area contributed by atoms with Gasteiger partial charge >= 0.3 is 11.9 Å². The van der Waals surface area contributed by atoms with Crippen LogP contribution in [0.15, 0.2) is 71.1 Å². The highest BCUT2D eigenvalue weighted by molar-refractivity contribution is 5.99. The Kier molecular flexibility index (Phi) is 11.2. The number of nitrogens with one attached hydrogen (secondary N) is 1. The maximum Gasteiger partial charge on any atom is 0.336 e. The molecule has 12 nitrogen and oxygen atoms in total. The number of benzene rings is 2. The molecule has 3 N–H and O–H groups in total. The highest BCUT2D eigenvalue weighted by atomic mass is 16.6. The molecule has 2 aromatic carbocycles. The van der Waals surface area contributed by atoms with E-state index in [4.69, 9.17) is 14.7 Å². The van der Waals surface area contributed by atoms with Gasteiger partial charge in [0.2, 0.25) is 0 Å². The topological polar surface area (TPSA) is 175 Å². The minimum absolute atomic E-state index is 0.00851. The number of carbonyl (C=O) groups is 2. The van der Waals surface area contributed by atoms with Crippen molar-refractivity contribution in [1.29, 1.82) is 5.26 Å². The largest absolute Gasteiger partial charge is 0.489 e.